The van der Waals surface area contributed by atoms with Crippen LogP contribution in [0.2, 0.25) is 0 Å². The first-order valence-corrected chi connectivity index (χ1v) is 5.16. The zero-order valence-electron chi connectivity index (χ0n) is 8.38. The van der Waals surface area contributed by atoms with Crippen LogP contribution in [0.4, 0.5) is 0 Å². The summed E-state index contributed by atoms with van der Waals surface area (Å²) in [5.41, 5.74) is 0. The quantitative estimate of drug-likeness (QED) is 0.654. The minimum Gasteiger partial charge on any atom is -0.468 e. The zero-order valence-corrected chi connectivity index (χ0v) is 8.38. The van der Waals surface area contributed by atoms with Crippen molar-refractivity contribution in [3.63, 3.8) is 0 Å². The summed E-state index contributed by atoms with van der Waals surface area (Å²) in [7, 11) is 0. The Balaban J connectivity index is 1.90. The Morgan fingerprint density at radius 3 is 2.92 bits per heavy atom. The van der Waals surface area contributed by atoms with Gasteiger partial charge in [0.05, 0.1) is 12.8 Å². The van der Waals surface area contributed by atoms with Crippen LogP contribution in [0, 0.1) is 0 Å². The molecule has 0 atom stereocenters. The van der Waals surface area contributed by atoms with Gasteiger partial charge in [0, 0.05) is 0 Å². The maximum absolute atomic E-state index is 5.20. The Morgan fingerprint density at radius 2 is 2.23 bits per heavy atom. The Bertz CT molecular complexity index is 194. The maximum atomic E-state index is 5.20. The highest BCUT2D eigenvalue weighted by molar-refractivity contribution is 4.97. The summed E-state index contributed by atoms with van der Waals surface area (Å²) < 4.78 is 5.20. The van der Waals surface area contributed by atoms with E-state index in [2.05, 4.69) is 12.2 Å². The summed E-state index contributed by atoms with van der Waals surface area (Å²) in [5.74, 6) is 1.02. The molecule has 0 aliphatic heterocycles. The van der Waals surface area contributed by atoms with E-state index < -0.39 is 0 Å². The van der Waals surface area contributed by atoms with Crippen LogP contribution >= 0.6 is 0 Å². The third-order valence-corrected chi connectivity index (χ3v) is 2.09. The Labute approximate surface area is 80.3 Å². The standard InChI is InChI=1S/C11H19NO/c1-2-3-4-5-8-12-10-11-7-6-9-13-11/h6-7,9,12H,2-5,8,10H2,1H3. The van der Waals surface area contributed by atoms with Crippen molar-refractivity contribution < 1.29 is 4.42 Å². The molecule has 0 spiro atoms. The second-order valence-corrected chi connectivity index (χ2v) is 3.32. The van der Waals surface area contributed by atoms with E-state index in [1.54, 1.807) is 6.26 Å². The van der Waals surface area contributed by atoms with Gasteiger partial charge in [-0.2, -0.15) is 0 Å². The predicted octanol–water partition coefficient (Wildman–Crippen LogP) is 2.95. The van der Waals surface area contributed by atoms with E-state index in [0.29, 0.717) is 0 Å². The molecule has 0 radical (unpaired) electrons. The molecule has 74 valence electrons. The summed E-state index contributed by atoms with van der Waals surface area (Å²) >= 11 is 0. The van der Waals surface area contributed by atoms with Crippen molar-refractivity contribution >= 4 is 0 Å². The summed E-state index contributed by atoms with van der Waals surface area (Å²) in [6.45, 7) is 4.19. The Kier molecular flexibility index (Phi) is 5.34. The lowest BCUT2D eigenvalue weighted by molar-refractivity contribution is 0.478. The van der Waals surface area contributed by atoms with Crippen LogP contribution in [0.15, 0.2) is 22.8 Å². The maximum Gasteiger partial charge on any atom is 0.117 e. The van der Waals surface area contributed by atoms with Gasteiger partial charge in [-0.05, 0) is 25.1 Å². The SMILES string of the molecule is CCCCCCNCc1ccco1. The second kappa shape index (κ2) is 6.72. The lowest BCUT2D eigenvalue weighted by atomic mass is 10.2. The Hall–Kier alpha value is -0.760. The van der Waals surface area contributed by atoms with Crippen molar-refractivity contribution in [2.75, 3.05) is 6.54 Å². The van der Waals surface area contributed by atoms with Crippen LogP contribution < -0.4 is 5.32 Å². The van der Waals surface area contributed by atoms with Gasteiger partial charge in [0.25, 0.3) is 0 Å². The number of nitrogens with one attached hydrogen (secondary N) is 1. The van der Waals surface area contributed by atoms with E-state index in [1.807, 2.05) is 12.1 Å². The zero-order chi connectivity index (χ0) is 9.36. The van der Waals surface area contributed by atoms with Crippen molar-refractivity contribution in [3.8, 4) is 0 Å². The lowest BCUT2D eigenvalue weighted by Crippen LogP contribution is -2.13. The average Bonchev–Trinajstić information content (AvgIpc) is 2.63. The monoisotopic (exact) mass is 181 g/mol. The van der Waals surface area contributed by atoms with Gasteiger partial charge in [0.15, 0.2) is 0 Å². The molecule has 2 nitrogen and oxygen atoms in total. The molecule has 1 N–H and O–H groups in total. The molecule has 0 aliphatic carbocycles. The fourth-order valence-electron chi connectivity index (χ4n) is 1.30. The highest BCUT2D eigenvalue weighted by atomic mass is 16.3. The Morgan fingerprint density at radius 1 is 1.31 bits per heavy atom. The first-order chi connectivity index (χ1) is 6.43. The first kappa shape index (κ1) is 10.3. The molecule has 1 rings (SSSR count). The highest BCUT2D eigenvalue weighted by Crippen LogP contribution is 2.00. The van der Waals surface area contributed by atoms with Gasteiger partial charge < -0.3 is 9.73 Å². The fourth-order valence-corrected chi connectivity index (χ4v) is 1.30. The number of rotatable bonds is 7. The van der Waals surface area contributed by atoms with E-state index in [1.165, 1.54) is 25.7 Å². The first-order valence-electron chi connectivity index (χ1n) is 5.16. The largest absolute Gasteiger partial charge is 0.468 e. The van der Waals surface area contributed by atoms with Gasteiger partial charge in [0.2, 0.25) is 0 Å². The predicted molar refractivity (Wildman–Crippen MR) is 54.6 cm³/mol. The van der Waals surface area contributed by atoms with Gasteiger partial charge in [0.1, 0.15) is 5.76 Å². The van der Waals surface area contributed by atoms with E-state index in [4.69, 9.17) is 4.42 Å². The molecule has 0 fully saturated rings. The highest BCUT2D eigenvalue weighted by Gasteiger charge is 1.93. The van der Waals surface area contributed by atoms with Gasteiger partial charge in [-0.3, -0.25) is 0 Å². The molecule has 1 aromatic rings. The van der Waals surface area contributed by atoms with Crippen LogP contribution in [0.1, 0.15) is 38.4 Å². The fraction of sp³-hybridized carbons (Fsp3) is 0.636. The molecule has 0 bridgehead atoms. The van der Waals surface area contributed by atoms with Crippen molar-refractivity contribution in [1.29, 1.82) is 0 Å². The smallest absolute Gasteiger partial charge is 0.117 e. The number of furan rings is 1. The van der Waals surface area contributed by atoms with Gasteiger partial charge in [-0.15, -0.1) is 0 Å². The summed E-state index contributed by atoms with van der Waals surface area (Å²) in [6.07, 6.45) is 6.98. The summed E-state index contributed by atoms with van der Waals surface area (Å²) in [6, 6.07) is 3.92. The van der Waals surface area contributed by atoms with Crippen LogP contribution in [0.5, 0.6) is 0 Å². The molecule has 0 saturated heterocycles. The third kappa shape index (κ3) is 4.73. The number of unbranched alkanes of at least 4 members (excludes halogenated alkanes) is 3. The number of hydrogen-bond acceptors (Lipinski definition) is 2. The molecule has 0 amide bonds. The molecule has 0 saturated carbocycles. The molecule has 13 heavy (non-hydrogen) atoms. The minimum atomic E-state index is 0.860. The van der Waals surface area contributed by atoms with Crippen molar-refractivity contribution in [1.82, 2.24) is 5.32 Å². The molecular weight excluding hydrogens is 162 g/mol. The third-order valence-electron chi connectivity index (χ3n) is 2.09. The molecule has 0 aromatic carbocycles. The number of hydrogen-bond donors (Lipinski definition) is 1. The van der Waals surface area contributed by atoms with Crippen molar-refractivity contribution in [2.24, 2.45) is 0 Å². The topological polar surface area (TPSA) is 25.2 Å². The molecule has 1 aromatic heterocycles. The van der Waals surface area contributed by atoms with Crippen LogP contribution in [-0.4, -0.2) is 6.54 Å². The lowest BCUT2D eigenvalue weighted by Gasteiger charge is -2.01. The van der Waals surface area contributed by atoms with Gasteiger partial charge in [-0.1, -0.05) is 26.2 Å². The van der Waals surface area contributed by atoms with Gasteiger partial charge in [-0.25, -0.2) is 0 Å². The van der Waals surface area contributed by atoms with Crippen molar-refractivity contribution in [3.05, 3.63) is 24.2 Å². The van der Waals surface area contributed by atoms with E-state index in [9.17, 15) is 0 Å². The van der Waals surface area contributed by atoms with Crippen molar-refractivity contribution in [2.45, 2.75) is 39.2 Å². The van der Waals surface area contributed by atoms with E-state index in [-0.39, 0.29) is 0 Å². The molecule has 1 heterocycles. The van der Waals surface area contributed by atoms with E-state index in [0.717, 1.165) is 18.8 Å². The molecular formula is C11H19NO. The molecule has 0 aliphatic rings. The summed E-state index contributed by atoms with van der Waals surface area (Å²) in [5, 5.41) is 3.35. The van der Waals surface area contributed by atoms with E-state index >= 15 is 0 Å². The average molecular weight is 181 g/mol. The normalized spacial score (nSPS) is 10.5. The molecule has 2 heteroatoms. The van der Waals surface area contributed by atoms with Crippen LogP contribution in [0.3, 0.4) is 0 Å². The second-order valence-electron chi connectivity index (χ2n) is 3.32. The molecule has 0 unspecified atom stereocenters. The van der Waals surface area contributed by atoms with Crippen LogP contribution in [-0.2, 0) is 6.54 Å². The van der Waals surface area contributed by atoms with Gasteiger partial charge >= 0.3 is 0 Å². The van der Waals surface area contributed by atoms with Crippen LogP contribution in [0.25, 0.3) is 0 Å². The minimum absolute atomic E-state index is 0.860. The summed E-state index contributed by atoms with van der Waals surface area (Å²) in [4.78, 5) is 0.